The Morgan fingerprint density at radius 3 is 3.10 bits per heavy atom. The van der Waals surface area contributed by atoms with Gasteiger partial charge in [0, 0.05) is 10.9 Å². The van der Waals surface area contributed by atoms with Crippen LogP contribution in [0.4, 0.5) is 4.39 Å². The van der Waals surface area contributed by atoms with Gasteiger partial charge >= 0.3 is 5.97 Å². The van der Waals surface area contributed by atoms with Crippen LogP contribution in [0.5, 0.6) is 0 Å². The third-order valence-electron chi connectivity index (χ3n) is 2.70. The number of hydrogen-bond acceptors (Lipinski definition) is 6. The Bertz CT molecular complexity index is 805. The zero-order valence-corrected chi connectivity index (χ0v) is 11.2. The maximum atomic E-state index is 13.2. The van der Waals surface area contributed by atoms with Crippen LogP contribution in [0.1, 0.15) is 0 Å². The van der Waals surface area contributed by atoms with E-state index in [9.17, 15) is 9.18 Å². The van der Waals surface area contributed by atoms with Crippen LogP contribution in [0.3, 0.4) is 0 Å². The minimum absolute atomic E-state index is 0.110. The van der Waals surface area contributed by atoms with E-state index in [1.165, 1.54) is 19.2 Å². The van der Waals surface area contributed by atoms with Gasteiger partial charge in [-0.15, -0.1) is 10.2 Å². The molecule has 102 valence electrons. The van der Waals surface area contributed by atoms with Crippen LogP contribution in [-0.2, 0) is 9.53 Å². The molecule has 20 heavy (non-hydrogen) atoms. The van der Waals surface area contributed by atoms with Crippen molar-refractivity contribution in [3.63, 3.8) is 0 Å². The van der Waals surface area contributed by atoms with Gasteiger partial charge in [-0.3, -0.25) is 4.79 Å². The molecule has 2 aromatic heterocycles. The number of aromatic amines is 1. The molecule has 0 aliphatic rings. The molecule has 8 heteroatoms. The molecule has 3 rings (SSSR count). The SMILES string of the molecule is COC(=O)CSc1nnc2c(n1)[nH]c1ccc(F)cc12. The number of thioether (sulfide) groups is 1. The Kier molecular flexibility index (Phi) is 3.23. The van der Waals surface area contributed by atoms with Gasteiger partial charge in [-0.05, 0) is 18.2 Å². The van der Waals surface area contributed by atoms with Crippen molar-refractivity contribution in [2.75, 3.05) is 12.9 Å². The smallest absolute Gasteiger partial charge is 0.316 e. The molecule has 0 aliphatic carbocycles. The Balaban J connectivity index is 1.99. The van der Waals surface area contributed by atoms with E-state index >= 15 is 0 Å². The fourth-order valence-corrected chi connectivity index (χ4v) is 2.39. The fraction of sp³-hybridized carbons (Fsp3) is 0.167. The number of methoxy groups -OCH3 is 1. The molecule has 2 heterocycles. The van der Waals surface area contributed by atoms with Gasteiger partial charge < -0.3 is 9.72 Å². The first kappa shape index (κ1) is 12.8. The van der Waals surface area contributed by atoms with Gasteiger partial charge in [-0.25, -0.2) is 9.37 Å². The summed E-state index contributed by atoms with van der Waals surface area (Å²) in [7, 11) is 1.32. The molecule has 0 saturated carbocycles. The van der Waals surface area contributed by atoms with Crippen LogP contribution < -0.4 is 0 Å². The Morgan fingerprint density at radius 1 is 1.45 bits per heavy atom. The van der Waals surface area contributed by atoms with Gasteiger partial charge in [0.2, 0.25) is 5.16 Å². The molecule has 0 bridgehead atoms. The molecule has 0 atom stereocenters. The predicted octanol–water partition coefficient (Wildman–Crippen LogP) is 1.91. The highest BCUT2D eigenvalue weighted by Gasteiger charge is 2.11. The quantitative estimate of drug-likeness (QED) is 0.586. The lowest BCUT2D eigenvalue weighted by molar-refractivity contribution is -0.137. The monoisotopic (exact) mass is 292 g/mol. The minimum Gasteiger partial charge on any atom is -0.468 e. The summed E-state index contributed by atoms with van der Waals surface area (Å²) in [6.07, 6.45) is 0. The van der Waals surface area contributed by atoms with E-state index in [4.69, 9.17) is 0 Å². The van der Waals surface area contributed by atoms with Gasteiger partial charge in [0.05, 0.1) is 12.9 Å². The average Bonchev–Trinajstić information content (AvgIpc) is 2.81. The van der Waals surface area contributed by atoms with Gasteiger partial charge in [-0.1, -0.05) is 11.8 Å². The number of carbonyl (C=O) groups excluding carboxylic acids is 1. The van der Waals surface area contributed by atoms with Crippen molar-refractivity contribution < 1.29 is 13.9 Å². The Hall–Kier alpha value is -2.22. The molecule has 3 aromatic rings. The molecule has 0 fully saturated rings. The molecule has 0 aliphatic heterocycles. The second-order valence-electron chi connectivity index (χ2n) is 3.97. The van der Waals surface area contributed by atoms with Crippen molar-refractivity contribution in [1.82, 2.24) is 20.2 Å². The molecule has 0 spiro atoms. The highest BCUT2D eigenvalue weighted by atomic mass is 32.2. The number of fused-ring (bicyclic) bond motifs is 3. The highest BCUT2D eigenvalue weighted by molar-refractivity contribution is 7.99. The van der Waals surface area contributed by atoms with Crippen molar-refractivity contribution in [3.8, 4) is 0 Å². The topological polar surface area (TPSA) is 80.8 Å². The number of hydrogen-bond donors (Lipinski definition) is 1. The molecule has 1 aromatic carbocycles. The first-order valence-corrected chi connectivity index (χ1v) is 6.67. The van der Waals surface area contributed by atoms with Crippen LogP contribution in [0.2, 0.25) is 0 Å². The molecule has 0 saturated heterocycles. The molecule has 0 unspecified atom stereocenters. The summed E-state index contributed by atoms with van der Waals surface area (Å²) in [4.78, 5) is 18.3. The van der Waals surface area contributed by atoms with Crippen molar-refractivity contribution in [2.24, 2.45) is 0 Å². The Morgan fingerprint density at radius 2 is 2.30 bits per heavy atom. The third-order valence-corrected chi connectivity index (χ3v) is 3.52. The number of esters is 1. The minimum atomic E-state index is -0.364. The van der Waals surface area contributed by atoms with E-state index in [0.29, 0.717) is 21.7 Å². The van der Waals surface area contributed by atoms with Gasteiger partial charge in [0.15, 0.2) is 5.65 Å². The van der Waals surface area contributed by atoms with Crippen LogP contribution in [0.25, 0.3) is 22.1 Å². The van der Waals surface area contributed by atoms with Crippen LogP contribution in [-0.4, -0.2) is 39.0 Å². The van der Waals surface area contributed by atoms with Crippen molar-refractivity contribution in [3.05, 3.63) is 24.0 Å². The van der Waals surface area contributed by atoms with E-state index in [0.717, 1.165) is 17.3 Å². The normalized spacial score (nSPS) is 11.1. The molecule has 1 N–H and O–H groups in total. The molecular weight excluding hydrogens is 283 g/mol. The maximum Gasteiger partial charge on any atom is 0.316 e. The number of H-pyrrole nitrogens is 1. The van der Waals surface area contributed by atoms with Crippen LogP contribution >= 0.6 is 11.8 Å². The van der Waals surface area contributed by atoms with Gasteiger partial charge in [0.1, 0.15) is 11.3 Å². The summed E-state index contributed by atoms with van der Waals surface area (Å²) in [5.74, 6) is -0.597. The first-order valence-electron chi connectivity index (χ1n) is 5.68. The van der Waals surface area contributed by atoms with Gasteiger partial charge in [0.25, 0.3) is 0 Å². The number of carbonyl (C=O) groups is 1. The summed E-state index contributed by atoms with van der Waals surface area (Å²) in [6, 6.07) is 4.36. The zero-order valence-electron chi connectivity index (χ0n) is 10.4. The largest absolute Gasteiger partial charge is 0.468 e. The number of ether oxygens (including phenoxy) is 1. The third kappa shape index (κ3) is 2.29. The zero-order chi connectivity index (χ0) is 14.1. The number of rotatable bonds is 3. The van der Waals surface area contributed by atoms with E-state index in [-0.39, 0.29) is 17.5 Å². The van der Waals surface area contributed by atoms with E-state index < -0.39 is 0 Å². The first-order chi connectivity index (χ1) is 9.67. The lowest BCUT2D eigenvalue weighted by Gasteiger charge is -1.97. The van der Waals surface area contributed by atoms with Crippen molar-refractivity contribution in [2.45, 2.75) is 5.16 Å². The van der Waals surface area contributed by atoms with E-state index in [2.05, 4.69) is 24.9 Å². The number of nitrogens with zero attached hydrogens (tertiary/aromatic N) is 3. The average molecular weight is 292 g/mol. The fourth-order valence-electron chi connectivity index (χ4n) is 1.77. The van der Waals surface area contributed by atoms with Crippen LogP contribution in [0, 0.1) is 5.82 Å². The lowest BCUT2D eigenvalue weighted by Crippen LogP contribution is -2.04. The van der Waals surface area contributed by atoms with Crippen molar-refractivity contribution in [1.29, 1.82) is 0 Å². The highest BCUT2D eigenvalue weighted by Crippen LogP contribution is 2.24. The van der Waals surface area contributed by atoms with Crippen LogP contribution in [0.15, 0.2) is 23.4 Å². The maximum absolute atomic E-state index is 13.2. The number of benzene rings is 1. The second kappa shape index (κ2) is 5.04. The summed E-state index contributed by atoms with van der Waals surface area (Å²) in [6.45, 7) is 0. The molecule has 0 radical (unpaired) electrons. The molecule has 0 amide bonds. The lowest BCUT2D eigenvalue weighted by atomic mass is 10.2. The Labute approximate surface area is 116 Å². The number of halogens is 1. The summed E-state index contributed by atoms with van der Waals surface area (Å²) in [5.41, 5.74) is 1.74. The molecule has 6 nitrogen and oxygen atoms in total. The number of aromatic nitrogens is 4. The summed E-state index contributed by atoms with van der Waals surface area (Å²) < 4.78 is 17.8. The van der Waals surface area contributed by atoms with E-state index in [1.807, 2.05) is 0 Å². The predicted molar refractivity (Wildman–Crippen MR) is 71.9 cm³/mol. The molecular formula is C12H9FN4O2S. The second-order valence-corrected chi connectivity index (χ2v) is 4.91. The van der Waals surface area contributed by atoms with Gasteiger partial charge in [-0.2, -0.15) is 0 Å². The van der Waals surface area contributed by atoms with Crippen molar-refractivity contribution >= 4 is 39.8 Å². The number of nitrogens with one attached hydrogen (secondary N) is 1. The summed E-state index contributed by atoms with van der Waals surface area (Å²) >= 11 is 1.13. The summed E-state index contributed by atoms with van der Waals surface area (Å²) in [5, 5.41) is 8.93. The standard InChI is InChI=1S/C12H9FN4O2S/c1-19-9(18)5-20-12-15-11-10(16-17-12)7-4-6(13)2-3-8(7)14-11/h2-4H,5H2,1H3,(H,14,15,17). The van der Waals surface area contributed by atoms with E-state index in [1.54, 1.807) is 6.07 Å².